The van der Waals surface area contributed by atoms with Gasteiger partial charge >= 0.3 is 0 Å². The number of hydrogen-bond donors (Lipinski definition) is 0. The number of hydrogen-bond acceptors (Lipinski definition) is 0. The molecule has 0 aromatic heterocycles. The molecule has 9 rings (SSSR count). The van der Waals surface area contributed by atoms with E-state index in [1.807, 2.05) is 0 Å². The zero-order valence-electron chi connectivity index (χ0n) is 68.5. The molecule has 91 heavy (non-hydrogen) atoms. The summed E-state index contributed by atoms with van der Waals surface area (Å²) >= 11 is 0. The van der Waals surface area contributed by atoms with Crippen molar-refractivity contribution in [2.24, 2.45) is 66.0 Å². The van der Waals surface area contributed by atoms with Gasteiger partial charge in [-0.1, -0.05) is 403 Å². The fourth-order valence-corrected chi connectivity index (χ4v) is 17.3. The maximum absolute atomic E-state index is 2.46. The molecule has 0 aromatic rings. The molecule has 0 aliphatic heterocycles. The zero-order valence-corrected chi connectivity index (χ0v) is 68.5. The van der Waals surface area contributed by atoms with E-state index in [4.69, 9.17) is 0 Å². The second-order valence-corrected chi connectivity index (χ2v) is 40.0. The van der Waals surface area contributed by atoms with Crippen LogP contribution in [0.15, 0.2) is 0 Å². The molecular weight excluding hydrogens is 1090 g/mol. The quantitative estimate of drug-likeness (QED) is 0.246. The second-order valence-electron chi connectivity index (χ2n) is 40.0. The summed E-state index contributed by atoms with van der Waals surface area (Å²) in [5, 5.41) is 0. The largest absolute Gasteiger partial charge is 0.0649 e. The third-order valence-corrected chi connectivity index (χ3v) is 27.7. The smallest absolute Gasteiger partial charge is 0.0277 e. The maximum Gasteiger partial charge on any atom is -0.0277 e. The first kappa shape index (κ1) is 89.0. The van der Waals surface area contributed by atoms with Gasteiger partial charge in [0, 0.05) is 0 Å². The van der Waals surface area contributed by atoms with Gasteiger partial charge in [-0.15, -0.1) is 0 Å². The molecule has 0 heteroatoms. The molecule has 0 radical (unpaired) electrons. The van der Waals surface area contributed by atoms with E-state index in [9.17, 15) is 0 Å². The van der Waals surface area contributed by atoms with Crippen LogP contribution in [-0.2, 0) is 0 Å². The fourth-order valence-electron chi connectivity index (χ4n) is 17.3. The van der Waals surface area contributed by atoms with Crippen LogP contribution in [0.25, 0.3) is 0 Å². The lowest BCUT2D eigenvalue weighted by Crippen LogP contribution is -2.29. The lowest BCUT2D eigenvalue weighted by Gasteiger charge is -2.38. The minimum Gasteiger partial charge on any atom is -0.0649 e. The van der Waals surface area contributed by atoms with E-state index in [2.05, 4.69) is 152 Å². The molecule has 0 amide bonds. The highest BCUT2D eigenvalue weighted by Gasteiger charge is 2.39. The van der Waals surface area contributed by atoms with Crippen LogP contribution in [0.1, 0.15) is 518 Å². The van der Waals surface area contributed by atoms with E-state index >= 15 is 0 Å². The van der Waals surface area contributed by atoms with Crippen molar-refractivity contribution < 1.29 is 0 Å². The van der Waals surface area contributed by atoms with Crippen molar-refractivity contribution in [1.29, 1.82) is 0 Å². The first-order valence-electron chi connectivity index (χ1n) is 42.6. The van der Waals surface area contributed by atoms with Crippen LogP contribution in [0, 0.1) is 66.0 Å². The van der Waals surface area contributed by atoms with E-state index in [0.29, 0.717) is 43.3 Å². The first-order valence-corrected chi connectivity index (χ1v) is 42.6. The summed E-state index contributed by atoms with van der Waals surface area (Å²) in [6.45, 7) is 52.8. The topological polar surface area (TPSA) is 0 Å². The molecule has 0 nitrogen and oxygen atoms in total. The van der Waals surface area contributed by atoms with Crippen molar-refractivity contribution in [2.75, 3.05) is 0 Å². The van der Waals surface area contributed by atoms with E-state index < -0.39 is 0 Å². The van der Waals surface area contributed by atoms with Gasteiger partial charge in [0.2, 0.25) is 0 Å². The molecule has 9 aliphatic rings. The van der Waals surface area contributed by atoms with Crippen molar-refractivity contribution in [2.45, 2.75) is 518 Å². The lowest BCUT2D eigenvalue weighted by atomic mass is 9.67. The van der Waals surface area contributed by atoms with E-state index in [0.717, 1.165) is 22.7 Å². The lowest BCUT2D eigenvalue weighted by molar-refractivity contribution is 0.117. The minimum absolute atomic E-state index is 0.517. The van der Waals surface area contributed by atoms with Crippen molar-refractivity contribution >= 4 is 0 Å². The van der Waals surface area contributed by atoms with E-state index in [1.165, 1.54) is 366 Å². The van der Waals surface area contributed by atoms with E-state index in [-0.39, 0.29) is 0 Å². The van der Waals surface area contributed by atoms with Gasteiger partial charge in [0.1, 0.15) is 0 Å². The maximum atomic E-state index is 2.46. The molecular formula is C91H182. The highest BCUT2D eigenvalue weighted by atomic mass is 14.4. The summed E-state index contributed by atoms with van der Waals surface area (Å²) in [5.41, 5.74) is 6.56. The summed E-state index contributed by atoms with van der Waals surface area (Å²) in [6.07, 6.45) is 83.5. The van der Waals surface area contributed by atoms with Gasteiger partial charge in [0.15, 0.2) is 0 Å². The predicted molar refractivity (Wildman–Crippen MR) is 419 cm³/mol. The minimum atomic E-state index is 0.517. The SMILES string of the molecule is CC(C)(C)C1(C)CCCC1.CC(C)C1(C)CCCC1.CC(C)C1(C)CCCCC1.CC1(C)CCCCCC1.CC1(C)CCCCCCC1.CC1(C)CCCCCCCCC1.CC1(C)CCCCCCCCCCC1.CCC1(C)CCCC1.CCC1(C)CCCCC1. The van der Waals surface area contributed by atoms with Crippen molar-refractivity contribution in [3.05, 3.63) is 0 Å². The monoisotopic (exact) mass is 1280 g/mol. The molecule has 9 aliphatic carbocycles. The normalized spacial score (nSPS) is 26.1. The Bertz CT molecular complexity index is 1590. The Kier molecular flexibility index (Phi) is 46.1. The van der Waals surface area contributed by atoms with Crippen LogP contribution in [0.2, 0.25) is 0 Å². The van der Waals surface area contributed by atoms with Crippen molar-refractivity contribution in [1.82, 2.24) is 0 Å². The molecule has 0 spiro atoms. The Labute approximate surface area is 581 Å². The molecule has 0 aromatic carbocycles. The third kappa shape index (κ3) is 43.2. The zero-order chi connectivity index (χ0) is 68.5. The summed E-state index contributed by atoms with van der Waals surface area (Å²) in [5.74, 6) is 1.77. The molecule has 9 fully saturated rings. The molecule has 0 saturated heterocycles. The second kappa shape index (κ2) is 47.1. The van der Waals surface area contributed by atoms with Gasteiger partial charge < -0.3 is 0 Å². The van der Waals surface area contributed by atoms with Crippen LogP contribution in [0.3, 0.4) is 0 Å². The number of rotatable bonds is 4. The highest BCUT2D eigenvalue weighted by Crippen LogP contribution is 2.51. The Morgan fingerprint density at radius 3 is 0.505 bits per heavy atom. The Morgan fingerprint density at radius 2 is 0.352 bits per heavy atom. The molecule has 0 unspecified atom stereocenters. The van der Waals surface area contributed by atoms with Crippen LogP contribution < -0.4 is 0 Å². The Hall–Kier alpha value is 0. The van der Waals surface area contributed by atoms with E-state index in [1.54, 1.807) is 0 Å². The fraction of sp³-hybridized carbons (Fsp3) is 1.00. The van der Waals surface area contributed by atoms with Crippen LogP contribution in [-0.4, -0.2) is 0 Å². The molecule has 0 heterocycles. The van der Waals surface area contributed by atoms with Gasteiger partial charge in [0.05, 0.1) is 0 Å². The molecule has 0 bridgehead atoms. The Balaban J connectivity index is 0.000000514. The average molecular weight is 1280 g/mol. The van der Waals surface area contributed by atoms with Gasteiger partial charge in [-0.05, 0) is 182 Å². The highest BCUT2D eigenvalue weighted by molar-refractivity contribution is 4.90. The summed E-state index contributed by atoms with van der Waals surface area (Å²) in [4.78, 5) is 0. The summed E-state index contributed by atoms with van der Waals surface area (Å²) < 4.78 is 0. The molecule has 546 valence electrons. The van der Waals surface area contributed by atoms with Gasteiger partial charge in [-0.2, -0.15) is 0 Å². The first-order chi connectivity index (χ1) is 42.6. The molecule has 9 saturated carbocycles. The summed E-state index contributed by atoms with van der Waals surface area (Å²) in [6, 6.07) is 0. The summed E-state index contributed by atoms with van der Waals surface area (Å²) in [7, 11) is 0. The standard InChI is InChI=1S/C14H28.C12H24.3C10H20.3C9H18.C8H16/c1-14(2)12-10-8-6-4-3-5-7-9-11-13-14;1-12(2)10-8-6-4-3-5-7-9-11-12;1-9(2,3)10(4)7-5-6-8-10;1-9(2)10(3)7-5-4-6-8-10;1-10(2)8-6-4-3-5-7-9-10;1-8(2)9(3)6-4-5-7-9;1-9(2)7-5-3-4-6-8-9;1-3-9(2)7-5-4-6-8-9;1-3-8(2)6-4-5-7-8/h3-13H2,1-2H3;3-11H2,1-2H3;5-8H2,1-4H3;9H,4-8H2,1-3H3;3-9H2,1-2H3;8H,4-7H2,1-3H3;2*3-8H2,1-2H3;3-7H2,1-2H3. The molecule has 0 atom stereocenters. The molecule has 0 N–H and O–H groups in total. The van der Waals surface area contributed by atoms with Gasteiger partial charge in [-0.25, -0.2) is 0 Å². The van der Waals surface area contributed by atoms with Gasteiger partial charge in [-0.3, -0.25) is 0 Å². The predicted octanol–water partition coefficient (Wildman–Crippen LogP) is 33.8. The van der Waals surface area contributed by atoms with Crippen LogP contribution in [0.5, 0.6) is 0 Å². The van der Waals surface area contributed by atoms with Gasteiger partial charge in [0.25, 0.3) is 0 Å². The van der Waals surface area contributed by atoms with Crippen molar-refractivity contribution in [3.8, 4) is 0 Å². The van der Waals surface area contributed by atoms with Crippen LogP contribution in [0.4, 0.5) is 0 Å². The average Bonchev–Trinajstić information content (AvgIpc) is 2.00. The van der Waals surface area contributed by atoms with Crippen LogP contribution >= 0.6 is 0 Å². The van der Waals surface area contributed by atoms with Crippen molar-refractivity contribution in [3.63, 3.8) is 0 Å². The Morgan fingerprint density at radius 1 is 0.209 bits per heavy atom. The third-order valence-electron chi connectivity index (χ3n) is 27.7.